The largest absolute Gasteiger partial charge is 0.378 e. The molecule has 3 rings (SSSR count). The lowest BCUT2D eigenvalue weighted by Crippen LogP contribution is -2.27. The van der Waals surface area contributed by atoms with Crippen molar-refractivity contribution in [2.45, 2.75) is 37.9 Å². The van der Waals surface area contributed by atoms with E-state index in [0.29, 0.717) is 12.3 Å². The molecule has 2 aromatic carbocycles. The number of hydrogen-bond acceptors (Lipinski definition) is 5. The summed E-state index contributed by atoms with van der Waals surface area (Å²) in [5.74, 6) is 1.18. The summed E-state index contributed by atoms with van der Waals surface area (Å²) >= 11 is 1.41. The minimum atomic E-state index is 0.0609. The molecule has 170 valence electrons. The number of nitrogens with zero attached hydrogens (tertiary/aromatic N) is 5. The van der Waals surface area contributed by atoms with E-state index in [1.807, 2.05) is 32.8 Å². The van der Waals surface area contributed by atoms with Gasteiger partial charge in [0.05, 0.1) is 5.75 Å². The lowest BCUT2D eigenvalue weighted by atomic mass is 9.87. The van der Waals surface area contributed by atoms with Gasteiger partial charge < -0.3 is 14.4 Å². The minimum absolute atomic E-state index is 0.0609. The highest BCUT2D eigenvalue weighted by atomic mass is 32.2. The third-order valence-electron chi connectivity index (χ3n) is 5.47. The maximum absolute atomic E-state index is 12.7. The monoisotopic (exact) mass is 451 g/mol. The van der Waals surface area contributed by atoms with Crippen LogP contribution in [0, 0.1) is 0 Å². The van der Waals surface area contributed by atoms with Crippen molar-refractivity contribution in [3.05, 3.63) is 59.7 Å². The number of benzene rings is 2. The van der Waals surface area contributed by atoms with Crippen molar-refractivity contribution in [2.24, 2.45) is 7.05 Å². The van der Waals surface area contributed by atoms with Crippen molar-refractivity contribution in [1.82, 2.24) is 19.7 Å². The lowest BCUT2D eigenvalue weighted by molar-refractivity contribution is -0.127. The van der Waals surface area contributed by atoms with Crippen LogP contribution in [-0.4, -0.2) is 52.5 Å². The van der Waals surface area contributed by atoms with E-state index in [0.717, 1.165) is 27.8 Å². The minimum Gasteiger partial charge on any atom is -0.378 e. The zero-order chi connectivity index (χ0) is 23.5. The van der Waals surface area contributed by atoms with Crippen LogP contribution in [0.3, 0.4) is 0 Å². The second-order valence-electron chi connectivity index (χ2n) is 9.29. The Morgan fingerprint density at radius 2 is 1.59 bits per heavy atom. The Kier molecular flexibility index (Phi) is 7.29. The van der Waals surface area contributed by atoms with E-state index in [2.05, 4.69) is 84.4 Å². The molecule has 0 saturated heterocycles. The van der Waals surface area contributed by atoms with Crippen LogP contribution in [0.2, 0.25) is 0 Å². The number of aromatic nitrogens is 3. The van der Waals surface area contributed by atoms with E-state index >= 15 is 0 Å². The SMILES string of the molecule is CN(Cc1ccc(N(C)C)cc1)C(=O)CSc1nnc(-c2ccc(C(C)(C)C)cc2)n1C. The van der Waals surface area contributed by atoms with Gasteiger partial charge in [0, 0.05) is 46.0 Å². The van der Waals surface area contributed by atoms with Gasteiger partial charge in [0.25, 0.3) is 0 Å². The first kappa shape index (κ1) is 23.9. The number of amides is 1. The topological polar surface area (TPSA) is 54.3 Å². The molecule has 0 N–H and O–H groups in total. The molecule has 1 aromatic heterocycles. The Hall–Kier alpha value is -2.80. The molecule has 0 fully saturated rings. The molecule has 0 aliphatic heterocycles. The number of carbonyl (C=O) groups is 1. The van der Waals surface area contributed by atoms with Crippen LogP contribution in [0.15, 0.2) is 53.7 Å². The summed E-state index contributed by atoms with van der Waals surface area (Å²) in [4.78, 5) is 16.5. The fourth-order valence-electron chi connectivity index (χ4n) is 3.31. The molecule has 0 radical (unpaired) electrons. The molecule has 0 aliphatic rings. The first-order valence-electron chi connectivity index (χ1n) is 10.7. The van der Waals surface area contributed by atoms with Crippen LogP contribution in [0.1, 0.15) is 31.9 Å². The molecule has 0 bridgehead atoms. The van der Waals surface area contributed by atoms with Crippen molar-refractivity contribution < 1.29 is 4.79 Å². The summed E-state index contributed by atoms with van der Waals surface area (Å²) in [6.07, 6.45) is 0. The number of thioether (sulfide) groups is 1. The second-order valence-corrected chi connectivity index (χ2v) is 10.2. The number of carbonyl (C=O) groups excluding carboxylic acids is 1. The Bertz CT molecular complexity index is 1050. The Morgan fingerprint density at radius 1 is 0.969 bits per heavy atom. The van der Waals surface area contributed by atoms with Gasteiger partial charge in [-0.1, -0.05) is 68.9 Å². The molecule has 1 amide bonds. The average Bonchev–Trinajstić information content (AvgIpc) is 3.12. The summed E-state index contributed by atoms with van der Waals surface area (Å²) in [7, 11) is 7.80. The van der Waals surface area contributed by atoms with Crippen LogP contribution in [0.25, 0.3) is 11.4 Å². The fourth-order valence-corrected chi connectivity index (χ4v) is 4.16. The van der Waals surface area contributed by atoms with Crippen molar-refractivity contribution in [3.63, 3.8) is 0 Å². The number of hydrogen-bond donors (Lipinski definition) is 0. The Balaban J connectivity index is 1.60. The van der Waals surface area contributed by atoms with Crippen LogP contribution >= 0.6 is 11.8 Å². The molecule has 0 aliphatic carbocycles. The Labute approximate surface area is 195 Å². The molecule has 0 spiro atoms. The highest BCUT2D eigenvalue weighted by Crippen LogP contribution is 2.27. The first-order chi connectivity index (χ1) is 15.1. The van der Waals surface area contributed by atoms with Gasteiger partial charge >= 0.3 is 0 Å². The maximum Gasteiger partial charge on any atom is 0.233 e. The van der Waals surface area contributed by atoms with Gasteiger partial charge in [-0.25, -0.2) is 0 Å². The van der Waals surface area contributed by atoms with Gasteiger partial charge in [-0.3, -0.25) is 4.79 Å². The summed E-state index contributed by atoms with van der Waals surface area (Å²) in [5, 5.41) is 9.39. The first-order valence-corrected chi connectivity index (χ1v) is 11.7. The highest BCUT2D eigenvalue weighted by molar-refractivity contribution is 7.99. The predicted molar refractivity (Wildman–Crippen MR) is 133 cm³/mol. The van der Waals surface area contributed by atoms with Gasteiger partial charge in [0.15, 0.2) is 11.0 Å². The van der Waals surface area contributed by atoms with Crippen molar-refractivity contribution in [1.29, 1.82) is 0 Å². The second kappa shape index (κ2) is 9.77. The van der Waals surface area contributed by atoms with Gasteiger partial charge in [-0.15, -0.1) is 10.2 Å². The van der Waals surface area contributed by atoms with Crippen molar-refractivity contribution >= 4 is 23.4 Å². The number of rotatable bonds is 7. The van der Waals surface area contributed by atoms with Gasteiger partial charge in [0.1, 0.15) is 0 Å². The smallest absolute Gasteiger partial charge is 0.233 e. The standard InChI is InChI=1S/C25H33N5OS/c1-25(2,3)20-12-10-19(11-13-20)23-26-27-24(30(23)7)32-17-22(31)29(6)16-18-8-14-21(15-9-18)28(4)5/h8-15H,16-17H2,1-7H3. The molecule has 3 aromatic rings. The zero-order valence-electron chi connectivity index (χ0n) is 20.1. The van der Waals surface area contributed by atoms with E-state index in [1.165, 1.54) is 17.3 Å². The molecule has 0 atom stereocenters. The van der Waals surface area contributed by atoms with Gasteiger partial charge in [-0.2, -0.15) is 0 Å². The molecule has 6 nitrogen and oxygen atoms in total. The van der Waals surface area contributed by atoms with Crippen molar-refractivity contribution in [2.75, 3.05) is 31.8 Å². The predicted octanol–water partition coefficient (Wildman–Crippen LogP) is 4.60. The normalized spacial score (nSPS) is 11.5. The van der Waals surface area contributed by atoms with Crippen LogP contribution in [0.5, 0.6) is 0 Å². The Morgan fingerprint density at radius 3 is 2.16 bits per heavy atom. The molecule has 32 heavy (non-hydrogen) atoms. The zero-order valence-corrected chi connectivity index (χ0v) is 20.9. The van der Waals surface area contributed by atoms with Crippen LogP contribution < -0.4 is 4.90 Å². The summed E-state index contributed by atoms with van der Waals surface area (Å²) < 4.78 is 1.95. The van der Waals surface area contributed by atoms with E-state index in [1.54, 1.807) is 4.90 Å². The molecular weight excluding hydrogens is 418 g/mol. The summed E-state index contributed by atoms with van der Waals surface area (Å²) in [6.45, 7) is 7.18. The fraction of sp³-hybridized carbons (Fsp3) is 0.400. The van der Waals surface area contributed by atoms with Gasteiger partial charge in [0.2, 0.25) is 5.91 Å². The highest BCUT2D eigenvalue weighted by Gasteiger charge is 2.17. The van der Waals surface area contributed by atoms with Crippen LogP contribution in [0.4, 0.5) is 5.69 Å². The number of anilines is 1. The van der Waals surface area contributed by atoms with E-state index in [9.17, 15) is 4.79 Å². The summed E-state index contributed by atoms with van der Waals surface area (Å²) in [6, 6.07) is 16.7. The summed E-state index contributed by atoms with van der Waals surface area (Å²) in [5.41, 5.74) is 4.66. The lowest BCUT2D eigenvalue weighted by Gasteiger charge is -2.19. The molecule has 0 saturated carbocycles. The molecule has 1 heterocycles. The van der Waals surface area contributed by atoms with E-state index < -0.39 is 0 Å². The average molecular weight is 452 g/mol. The van der Waals surface area contributed by atoms with Gasteiger partial charge in [-0.05, 0) is 28.7 Å². The quantitative estimate of drug-likeness (QED) is 0.492. The third kappa shape index (κ3) is 5.71. The molecular formula is C25H33N5OS. The molecule has 7 heteroatoms. The van der Waals surface area contributed by atoms with Crippen molar-refractivity contribution in [3.8, 4) is 11.4 Å². The van der Waals surface area contributed by atoms with E-state index in [4.69, 9.17) is 0 Å². The maximum atomic E-state index is 12.7. The van der Waals surface area contributed by atoms with Crippen LogP contribution in [-0.2, 0) is 23.8 Å². The third-order valence-corrected chi connectivity index (χ3v) is 6.47. The molecule has 0 unspecified atom stereocenters. The van der Waals surface area contributed by atoms with E-state index in [-0.39, 0.29) is 11.3 Å².